The van der Waals surface area contributed by atoms with E-state index in [1.165, 1.54) is 22.3 Å². The molecule has 2 aromatic heterocycles. The highest BCUT2D eigenvalue weighted by atomic mass is 79.9. The Morgan fingerprint density at radius 2 is 2.24 bits per heavy atom. The smallest absolute Gasteiger partial charge is 0.266 e. The van der Waals surface area contributed by atoms with Crippen molar-refractivity contribution in [2.24, 2.45) is 0 Å². The molecule has 0 atom stereocenters. The van der Waals surface area contributed by atoms with Gasteiger partial charge in [0.25, 0.3) is 5.91 Å². The molecule has 106 valence electrons. The van der Waals surface area contributed by atoms with Gasteiger partial charge in [-0.25, -0.2) is 4.68 Å². The monoisotopic (exact) mass is 383 g/mol. The molecule has 3 rings (SSSR count). The zero-order chi connectivity index (χ0) is 14.8. The Labute approximate surface area is 136 Å². The maximum Gasteiger partial charge on any atom is 0.266 e. The summed E-state index contributed by atoms with van der Waals surface area (Å²) in [6.07, 6.45) is 1.46. The third-order valence-corrected chi connectivity index (χ3v) is 4.80. The van der Waals surface area contributed by atoms with Gasteiger partial charge < -0.3 is 5.32 Å². The first-order chi connectivity index (χ1) is 10.1. The van der Waals surface area contributed by atoms with Gasteiger partial charge in [-0.2, -0.15) is 0 Å². The molecule has 0 radical (unpaired) electrons. The van der Waals surface area contributed by atoms with Gasteiger partial charge in [0.2, 0.25) is 0 Å². The number of amides is 1. The van der Waals surface area contributed by atoms with Crippen molar-refractivity contribution < 1.29 is 4.79 Å². The molecule has 6 nitrogen and oxygen atoms in total. The summed E-state index contributed by atoms with van der Waals surface area (Å²) < 4.78 is 2.23. The Morgan fingerprint density at radius 3 is 2.90 bits per heavy atom. The van der Waals surface area contributed by atoms with Crippen LogP contribution in [0, 0.1) is 0 Å². The van der Waals surface area contributed by atoms with Crippen molar-refractivity contribution in [1.29, 1.82) is 0 Å². The molecule has 0 aliphatic rings. The number of aromatic nitrogens is 4. The van der Waals surface area contributed by atoms with Crippen molar-refractivity contribution in [2.75, 3.05) is 5.32 Å². The molecule has 1 amide bonds. The summed E-state index contributed by atoms with van der Waals surface area (Å²) in [6, 6.07) is 6.96. The zero-order valence-corrected chi connectivity index (χ0v) is 13.5. The van der Waals surface area contributed by atoms with Gasteiger partial charge in [0.1, 0.15) is 11.2 Å². The van der Waals surface area contributed by atoms with Crippen molar-refractivity contribution in [3.05, 3.63) is 50.3 Å². The predicted octanol–water partition coefficient (Wildman–Crippen LogP) is 3.39. The van der Waals surface area contributed by atoms with Crippen LogP contribution in [0.4, 0.5) is 5.69 Å². The average molecular weight is 385 g/mol. The molecule has 0 aliphatic carbocycles. The van der Waals surface area contributed by atoms with Gasteiger partial charge in [-0.3, -0.25) is 4.79 Å². The van der Waals surface area contributed by atoms with Gasteiger partial charge in [-0.05, 0) is 56.0 Å². The van der Waals surface area contributed by atoms with E-state index in [0.29, 0.717) is 21.3 Å². The number of nitrogens with one attached hydrogen (secondary N) is 1. The molecule has 0 fully saturated rings. The number of halogens is 2. The summed E-state index contributed by atoms with van der Waals surface area (Å²) in [5.41, 5.74) is 1.19. The maximum absolute atomic E-state index is 12.2. The standard InChI is InChI=1S/C12H7BrClN5OS/c13-8-3-4-21-11(8)12(20)16-10-5-7(1-2-9(10)14)19-6-15-17-18-19/h1-6H,(H,16,20). The van der Waals surface area contributed by atoms with Crippen molar-refractivity contribution in [3.63, 3.8) is 0 Å². The van der Waals surface area contributed by atoms with Crippen LogP contribution in [-0.4, -0.2) is 26.1 Å². The van der Waals surface area contributed by atoms with E-state index in [1.54, 1.807) is 18.2 Å². The van der Waals surface area contributed by atoms with E-state index < -0.39 is 0 Å². The van der Waals surface area contributed by atoms with E-state index in [0.717, 1.165) is 4.47 Å². The van der Waals surface area contributed by atoms with Crippen molar-refractivity contribution in [1.82, 2.24) is 20.2 Å². The van der Waals surface area contributed by atoms with Crippen LogP contribution in [0.3, 0.4) is 0 Å². The summed E-state index contributed by atoms with van der Waals surface area (Å²) in [5.74, 6) is -0.229. The van der Waals surface area contributed by atoms with Gasteiger partial charge >= 0.3 is 0 Å². The van der Waals surface area contributed by atoms with Crippen LogP contribution in [0.5, 0.6) is 0 Å². The molecule has 21 heavy (non-hydrogen) atoms. The highest BCUT2D eigenvalue weighted by Crippen LogP contribution is 2.28. The lowest BCUT2D eigenvalue weighted by atomic mass is 10.2. The number of hydrogen-bond donors (Lipinski definition) is 1. The molecule has 0 unspecified atom stereocenters. The van der Waals surface area contributed by atoms with Gasteiger partial charge in [-0.1, -0.05) is 11.6 Å². The predicted molar refractivity (Wildman–Crippen MR) is 84.1 cm³/mol. The van der Waals surface area contributed by atoms with Crippen molar-refractivity contribution >= 4 is 50.5 Å². The van der Waals surface area contributed by atoms with Crippen molar-refractivity contribution in [2.45, 2.75) is 0 Å². The second kappa shape index (κ2) is 5.92. The van der Waals surface area contributed by atoms with Crippen LogP contribution in [-0.2, 0) is 0 Å². The number of tetrazole rings is 1. The topological polar surface area (TPSA) is 72.7 Å². The second-order valence-corrected chi connectivity index (χ2v) is 6.15. The van der Waals surface area contributed by atoms with E-state index in [4.69, 9.17) is 11.6 Å². The number of carbonyl (C=O) groups excluding carboxylic acids is 1. The molecule has 0 spiro atoms. The van der Waals surface area contributed by atoms with Crippen LogP contribution in [0.25, 0.3) is 5.69 Å². The lowest BCUT2D eigenvalue weighted by Crippen LogP contribution is -2.11. The third-order valence-electron chi connectivity index (χ3n) is 2.64. The largest absolute Gasteiger partial charge is 0.320 e. The molecule has 0 saturated carbocycles. The van der Waals surface area contributed by atoms with Crippen LogP contribution in [0.1, 0.15) is 9.67 Å². The van der Waals surface area contributed by atoms with Crippen LogP contribution in [0.15, 0.2) is 40.4 Å². The maximum atomic E-state index is 12.2. The fraction of sp³-hybridized carbons (Fsp3) is 0. The zero-order valence-electron chi connectivity index (χ0n) is 10.3. The number of thiophene rings is 1. The first-order valence-corrected chi connectivity index (χ1v) is 7.77. The minimum absolute atomic E-state index is 0.229. The molecule has 2 heterocycles. The normalized spacial score (nSPS) is 10.6. The lowest BCUT2D eigenvalue weighted by Gasteiger charge is -2.08. The van der Waals surface area contributed by atoms with Gasteiger partial charge in [0.05, 0.1) is 16.4 Å². The SMILES string of the molecule is O=C(Nc1cc(-n2cnnn2)ccc1Cl)c1sccc1Br. The number of hydrogen-bond acceptors (Lipinski definition) is 5. The number of benzene rings is 1. The first kappa shape index (κ1) is 14.2. The lowest BCUT2D eigenvalue weighted by molar-refractivity contribution is 0.103. The van der Waals surface area contributed by atoms with E-state index in [-0.39, 0.29) is 5.91 Å². The number of carbonyl (C=O) groups is 1. The minimum atomic E-state index is -0.229. The summed E-state index contributed by atoms with van der Waals surface area (Å²) in [7, 11) is 0. The fourth-order valence-electron chi connectivity index (χ4n) is 1.67. The number of nitrogens with zero attached hydrogens (tertiary/aromatic N) is 4. The Balaban J connectivity index is 1.90. The molecule has 3 aromatic rings. The van der Waals surface area contributed by atoms with Gasteiger partial charge in [0, 0.05) is 4.47 Å². The Kier molecular flexibility index (Phi) is 4.00. The van der Waals surface area contributed by atoms with E-state index >= 15 is 0 Å². The highest BCUT2D eigenvalue weighted by Gasteiger charge is 2.14. The third kappa shape index (κ3) is 2.97. The minimum Gasteiger partial charge on any atom is -0.320 e. The second-order valence-electron chi connectivity index (χ2n) is 3.97. The summed E-state index contributed by atoms with van der Waals surface area (Å²) in [4.78, 5) is 12.8. The van der Waals surface area contributed by atoms with Crippen LogP contribution in [0.2, 0.25) is 5.02 Å². The molecule has 1 N–H and O–H groups in total. The van der Waals surface area contributed by atoms with Gasteiger partial charge in [0.15, 0.2) is 0 Å². The Hall–Kier alpha value is -1.77. The molecular formula is C12H7BrClN5OS. The summed E-state index contributed by atoms with van der Waals surface area (Å²) in [5, 5.41) is 16.0. The van der Waals surface area contributed by atoms with E-state index in [9.17, 15) is 4.79 Å². The van der Waals surface area contributed by atoms with E-state index in [2.05, 4.69) is 36.8 Å². The molecule has 9 heteroatoms. The van der Waals surface area contributed by atoms with Crippen LogP contribution < -0.4 is 5.32 Å². The van der Waals surface area contributed by atoms with Crippen molar-refractivity contribution in [3.8, 4) is 5.69 Å². The van der Waals surface area contributed by atoms with Gasteiger partial charge in [-0.15, -0.1) is 16.4 Å². The molecule has 0 aliphatic heterocycles. The summed E-state index contributed by atoms with van der Waals surface area (Å²) in [6.45, 7) is 0. The van der Waals surface area contributed by atoms with Crippen LogP contribution >= 0.6 is 38.9 Å². The average Bonchev–Trinajstić information content (AvgIpc) is 3.12. The summed E-state index contributed by atoms with van der Waals surface area (Å²) >= 11 is 10.8. The highest BCUT2D eigenvalue weighted by molar-refractivity contribution is 9.10. The Bertz CT molecular complexity index is 789. The molecular weight excluding hydrogens is 378 g/mol. The molecule has 1 aromatic carbocycles. The molecule has 0 bridgehead atoms. The van der Waals surface area contributed by atoms with E-state index in [1.807, 2.05) is 11.4 Å². The Morgan fingerprint density at radius 1 is 1.38 bits per heavy atom. The first-order valence-electron chi connectivity index (χ1n) is 5.72. The number of anilines is 1. The quantitative estimate of drug-likeness (QED) is 0.751. The molecule has 0 saturated heterocycles. The number of rotatable bonds is 3. The fourth-order valence-corrected chi connectivity index (χ4v) is 3.28.